The van der Waals surface area contributed by atoms with Crippen molar-refractivity contribution < 1.29 is 9.90 Å². The Morgan fingerprint density at radius 2 is 2.29 bits per heavy atom. The number of nitrogens with one attached hydrogen (secondary N) is 1. The molecule has 0 bridgehead atoms. The molecule has 4 heteroatoms. The molecule has 1 heterocycles. The number of rotatable bonds is 4. The molecule has 1 aliphatic rings. The molecular weight excluding hydrogens is 216 g/mol. The van der Waals surface area contributed by atoms with E-state index in [1.54, 1.807) is 0 Å². The van der Waals surface area contributed by atoms with Crippen LogP contribution in [0.2, 0.25) is 0 Å². The van der Waals surface area contributed by atoms with Gasteiger partial charge in [0.2, 0.25) is 0 Å². The van der Waals surface area contributed by atoms with Gasteiger partial charge in [-0.1, -0.05) is 13.8 Å². The van der Waals surface area contributed by atoms with Crippen molar-refractivity contribution in [1.82, 2.24) is 10.2 Å². The first kappa shape index (κ1) is 14.3. The Hall–Kier alpha value is -0.770. The van der Waals surface area contributed by atoms with Crippen LogP contribution in [0.3, 0.4) is 0 Å². The van der Waals surface area contributed by atoms with Gasteiger partial charge in [-0.15, -0.1) is 0 Å². The summed E-state index contributed by atoms with van der Waals surface area (Å²) in [7, 11) is 0. The minimum Gasteiger partial charge on any atom is -0.396 e. The van der Waals surface area contributed by atoms with E-state index in [1.807, 2.05) is 18.7 Å². The zero-order valence-electron chi connectivity index (χ0n) is 11.3. The van der Waals surface area contributed by atoms with Crippen molar-refractivity contribution >= 4 is 6.03 Å². The Kier molecular flexibility index (Phi) is 5.25. The summed E-state index contributed by atoms with van der Waals surface area (Å²) in [6.07, 6.45) is 3.75. The van der Waals surface area contributed by atoms with Crippen LogP contribution >= 0.6 is 0 Å². The summed E-state index contributed by atoms with van der Waals surface area (Å²) in [5, 5.41) is 12.1. The van der Waals surface area contributed by atoms with Crippen LogP contribution in [0.4, 0.5) is 4.79 Å². The van der Waals surface area contributed by atoms with Crippen molar-refractivity contribution in [2.24, 2.45) is 5.92 Å². The first-order valence-electron chi connectivity index (χ1n) is 6.68. The molecule has 2 atom stereocenters. The van der Waals surface area contributed by atoms with Crippen LogP contribution in [0.1, 0.15) is 46.5 Å². The molecule has 2 amide bonds. The molecule has 100 valence electrons. The lowest BCUT2D eigenvalue weighted by Gasteiger charge is -2.36. The highest BCUT2D eigenvalue weighted by molar-refractivity contribution is 5.75. The number of aliphatic hydroxyl groups is 1. The number of carbonyl (C=O) groups excluding carboxylic acids is 1. The molecule has 0 aromatic heterocycles. The molecule has 0 aromatic rings. The van der Waals surface area contributed by atoms with Gasteiger partial charge in [-0.05, 0) is 38.5 Å². The molecule has 2 N–H and O–H groups in total. The zero-order valence-corrected chi connectivity index (χ0v) is 11.3. The monoisotopic (exact) mass is 242 g/mol. The quantitative estimate of drug-likeness (QED) is 0.792. The Labute approximate surface area is 104 Å². The number of carbonyl (C=O) groups is 1. The average Bonchev–Trinajstić information content (AvgIpc) is 2.29. The number of amides is 2. The smallest absolute Gasteiger partial charge is 0.317 e. The lowest BCUT2D eigenvalue weighted by atomic mass is 9.95. The van der Waals surface area contributed by atoms with Crippen LogP contribution in [0.5, 0.6) is 0 Å². The van der Waals surface area contributed by atoms with E-state index >= 15 is 0 Å². The first-order chi connectivity index (χ1) is 8.00. The second-order valence-electron chi connectivity index (χ2n) is 5.51. The maximum absolute atomic E-state index is 12.1. The van der Waals surface area contributed by atoms with Crippen molar-refractivity contribution in [3.8, 4) is 0 Å². The predicted molar refractivity (Wildman–Crippen MR) is 68.9 cm³/mol. The first-order valence-corrected chi connectivity index (χ1v) is 6.68. The molecule has 4 nitrogen and oxygen atoms in total. The number of urea groups is 1. The van der Waals surface area contributed by atoms with Gasteiger partial charge in [-0.2, -0.15) is 0 Å². The maximum atomic E-state index is 12.1. The summed E-state index contributed by atoms with van der Waals surface area (Å²) in [6.45, 7) is 8.04. The highest BCUT2D eigenvalue weighted by atomic mass is 16.3. The largest absolute Gasteiger partial charge is 0.396 e. The lowest BCUT2D eigenvalue weighted by Crippen LogP contribution is -2.53. The second-order valence-corrected chi connectivity index (χ2v) is 5.51. The van der Waals surface area contributed by atoms with Crippen LogP contribution in [0.25, 0.3) is 0 Å². The summed E-state index contributed by atoms with van der Waals surface area (Å²) in [4.78, 5) is 14.0. The number of aliphatic hydroxyl groups excluding tert-OH is 1. The van der Waals surface area contributed by atoms with E-state index in [0.717, 1.165) is 25.9 Å². The van der Waals surface area contributed by atoms with Gasteiger partial charge in [-0.3, -0.25) is 0 Å². The Morgan fingerprint density at radius 1 is 1.59 bits per heavy atom. The van der Waals surface area contributed by atoms with Gasteiger partial charge < -0.3 is 15.3 Å². The van der Waals surface area contributed by atoms with Gasteiger partial charge in [0.1, 0.15) is 0 Å². The van der Waals surface area contributed by atoms with Gasteiger partial charge in [-0.25, -0.2) is 4.79 Å². The Morgan fingerprint density at radius 3 is 2.82 bits per heavy atom. The number of hydrogen-bond donors (Lipinski definition) is 2. The van der Waals surface area contributed by atoms with Crippen LogP contribution in [0.15, 0.2) is 0 Å². The summed E-state index contributed by atoms with van der Waals surface area (Å²) < 4.78 is 0. The van der Waals surface area contributed by atoms with Crippen molar-refractivity contribution in [3.63, 3.8) is 0 Å². The predicted octanol–water partition coefficient (Wildman–Crippen LogP) is 1.98. The number of hydrogen-bond acceptors (Lipinski definition) is 2. The van der Waals surface area contributed by atoms with Gasteiger partial charge >= 0.3 is 6.03 Å². The molecule has 0 aliphatic carbocycles. The van der Waals surface area contributed by atoms with Crippen LogP contribution in [-0.2, 0) is 0 Å². The SMILES string of the molecule is CCC(C)(CCO)NC(=O)N1CCCC(C)C1. The molecular formula is C13H26N2O2. The molecule has 0 spiro atoms. The van der Waals surface area contributed by atoms with E-state index in [0.29, 0.717) is 12.3 Å². The van der Waals surface area contributed by atoms with E-state index in [2.05, 4.69) is 12.2 Å². The van der Waals surface area contributed by atoms with Gasteiger partial charge in [0.25, 0.3) is 0 Å². The van der Waals surface area contributed by atoms with Crippen molar-refractivity contribution in [2.45, 2.75) is 52.0 Å². The lowest BCUT2D eigenvalue weighted by molar-refractivity contribution is 0.150. The fraction of sp³-hybridized carbons (Fsp3) is 0.923. The third kappa shape index (κ3) is 4.19. The summed E-state index contributed by atoms with van der Waals surface area (Å²) in [5.74, 6) is 0.597. The van der Waals surface area contributed by atoms with E-state index in [4.69, 9.17) is 5.11 Å². The van der Waals surface area contributed by atoms with Crippen LogP contribution < -0.4 is 5.32 Å². The summed E-state index contributed by atoms with van der Waals surface area (Å²) in [6, 6.07) is 0.0225. The minimum atomic E-state index is -0.285. The molecule has 0 saturated carbocycles. The molecule has 1 fully saturated rings. The van der Waals surface area contributed by atoms with Crippen molar-refractivity contribution in [3.05, 3.63) is 0 Å². The van der Waals surface area contributed by atoms with Gasteiger partial charge in [0.15, 0.2) is 0 Å². The molecule has 17 heavy (non-hydrogen) atoms. The third-order valence-electron chi connectivity index (χ3n) is 3.80. The number of piperidine rings is 1. The molecule has 1 rings (SSSR count). The number of nitrogens with zero attached hydrogens (tertiary/aromatic N) is 1. The van der Waals surface area contributed by atoms with E-state index in [9.17, 15) is 4.79 Å². The average molecular weight is 242 g/mol. The van der Waals surface area contributed by atoms with Crippen LogP contribution in [0, 0.1) is 5.92 Å². The van der Waals surface area contributed by atoms with Crippen LogP contribution in [-0.4, -0.2) is 41.3 Å². The fourth-order valence-electron chi connectivity index (χ4n) is 2.29. The minimum absolute atomic E-state index is 0.0225. The summed E-state index contributed by atoms with van der Waals surface area (Å²) in [5.41, 5.74) is -0.285. The highest BCUT2D eigenvalue weighted by Gasteiger charge is 2.28. The number of likely N-dealkylation sites (tertiary alicyclic amines) is 1. The Bertz CT molecular complexity index is 258. The molecule has 2 unspecified atom stereocenters. The Balaban J connectivity index is 2.51. The molecule has 1 aliphatic heterocycles. The molecule has 0 radical (unpaired) electrons. The standard InChI is InChI=1S/C13H26N2O2/c1-4-13(3,7-9-16)14-12(17)15-8-5-6-11(2)10-15/h11,16H,4-10H2,1-3H3,(H,14,17). The van der Waals surface area contributed by atoms with Gasteiger partial charge in [0, 0.05) is 25.2 Å². The molecule has 1 saturated heterocycles. The third-order valence-corrected chi connectivity index (χ3v) is 3.80. The summed E-state index contributed by atoms with van der Waals surface area (Å²) >= 11 is 0. The van der Waals surface area contributed by atoms with E-state index < -0.39 is 0 Å². The normalized spacial score (nSPS) is 24.2. The second kappa shape index (κ2) is 6.24. The maximum Gasteiger partial charge on any atom is 0.317 e. The fourth-order valence-corrected chi connectivity index (χ4v) is 2.29. The highest BCUT2D eigenvalue weighted by Crippen LogP contribution is 2.18. The van der Waals surface area contributed by atoms with Crippen molar-refractivity contribution in [1.29, 1.82) is 0 Å². The van der Waals surface area contributed by atoms with Gasteiger partial charge in [0.05, 0.1) is 0 Å². The zero-order chi connectivity index (χ0) is 12.9. The molecule has 0 aromatic carbocycles. The van der Waals surface area contributed by atoms with Crippen molar-refractivity contribution in [2.75, 3.05) is 19.7 Å². The van der Waals surface area contributed by atoms with E-state index in [-0.39, 0.29) is 18.2 Å². The van der Waals surface area contributed by atoms with E-state index in [1.165, 1.54) is 6.42 Å². The topological polar surface area (TPSA) is 52.6 Å².